The number of likely N-dealkylation sites (tertiary alicyclic amines) is 1. The molecule has 0 radical (unpaired) electrons. The van der Waals surface area contributed by atoms with Crippen LogP contribution in [-0.4, -0.2) is 52.7 Å². The fourth-order valence-corrected chi connectivity index (χ4v) is 5.10. The van der Waals surface area contributed by atoms with Gasteiger partial charge in [-0.2, -0.15) is 5.10 Å². The Morgan fingerprint density at radius 3 is 2.38 bits per heavy atom. The molecule has 5 rings (SSSR count). The van der Waals surface area contributed by atoms with Crippen molar-refractivity contribution in [2.45, 2.75) is 38.6 Å². The molecule has 0 aliphatic carbocycles. The normalized spacial score (nSPS) is 13.8. The number of piperidine rings is 1. The number of hydrogen-bond donors (Lipinski definition) is 1. The second-order valence-corrected chi connectivity index (χ2v) is 9.98. The molecule has 1 aliphatic rings. The minimum atomic E-state index is -0.385. The quantitative estimate of drug-likeness (QED) is 0.336. The Labute approximate surface area is 227 Å². The summed E-state index contributed by atoms with van der Waals surface area (Å²) in [5, 5.41) is 9.21. The number of amides is 2. The van der Waals surface area contributed by atoms with Crippen LogP contribution < -0.4 is 5.32 Å². The maximum absolute atomic E-state index is 13.2. The average molecular weight is 525 g/mol. The lowest BCUT2D eigenvalue weighted by atomic mass is 10.0. The summed E-state index contributed by atoms with van der Waals surface area (Å²) in [5.41, 5.74) is 4.17. The highest BCUT2D eigenvalue weighted by atomic mass is 16.5. The first kappa shape index (κ1) is 26.2. The van der Waals surface area contributed by atoms with Crippen molar-refractivity contribution in [3.8, 4) is 0 Å². The molecule has 2 amide bonds. The van der Waals surface area contributed by atoms with Crippen molar-refractivity contribution in [2.75, 3.05) is 25.5 Å². The molecule has 0 bridgehead atoms. The van der Waals surface area contributed by atoms with E-state index in [9.17, 15) is 14.4 Å². The zero-order valence-corrected chi connectivity index (χ0v) is 22.2. The Kier molecular flexibility index (Phi) is 7.72. The van der Waals surface area contributed by atoms with Gasteiger partial charge < -0.3 is 15.0 Å². The molecule has 0 saturated carbocycles. The largest absolute Gasteiger partial charge is 0.465 e. The summed E-state index contributed by atoms with van der Waals surface area (Å²) in [6, 6.07) is 19.1. The zero-order valence-electron chi connectivity index (χ0n) is 22.2. The van der Waals surface area contributed by atoms with Crippen LogP contribution in [0.4, 0.5) is 5.69 Å². The highest BCUT2D eigenvalue weighted by Crippen LogP contribution is 2.26. The van der Waals surface area contributed by atoms with E-state index >= 15 is 0 Å². The second kappa shape index (κ2) is 11.5. The van der Waals surface area contributed by atoms with Crippen molar-refractivity contribution in [2.24, 2.45) is 0 Å². The summed E-state index contributed by atoms with van der Waals surface area (Å²) in [4.78, 5) is 39.3. The van der Waals surface area contributed by atoms with E-state index in [-0.39, 0.29) is 23.8 Å². The van der Waals surface area contributed by atoms with Gasteiger partial charge in [-0.3, -0.25) is 14.3 Å². The Bertz CT molecular complexity index is 1520. The van der Waals surface area contributed by atoms with Crippen LogP contribution in [0.1, 0.15) is 57.1 Å². The summed E-state index contributed by atoms with van der Waals surface area (Å²) < 4.78 is 6.69. The smallest absolute Gasteiger partial charge is 0.337 e. The Morgan fingerprint density at radius 1 is 0.974 bits per heavy atom. The number of aryl methyl sites for hydroxylation is 2. The van der Waals surface area contributed by atoms with Gasteiger partial charge in [0.15, 0.2) is 0 Å². The molecule has 8 nitrogen and oxygen atoms in total. The van der Waals surface area contributed by atoms with Crippen molar-refractivity contribution >= 4 is 34.2 Å². The predicted octanol–water partition coefficient (Wildman–Crippen LogP) is 5.18. The van der Waals surface area contributed by atoms with Crippen molar-refractivity contribution in [1.82, 2.24) is 14.7 Å². The highest BCUT2D eigenvalue weighted by Gasteiger charge is 2.25. The number of nitrogens with one attached hydrogen (secondary N) is 1. The number of fused-ring (bicyclic) bond motifs is 1. The van der Waals surface area contributed by atoms with Gasteiger partial charge in [0.2, 0.25) is 5.91 Å². The number of esters is 1. The minimum absolute atomic E-state index is 0.00513. The molecule has 8 heteroatoms. The summed E-state index contributed by atoms with van der Waals surface area (Å²) in [5.74, 6) is -0.422. The average Bonchev–Trinajstić information content (AvgIpc) is 3.43. The molecule has 1 saturated heterocycles. The Balaban J connectivity index is 1.14. The fraction of sp³-hybridized carbons (Fsp3) is 0.290. The van der Waals surface area contributed by atoms with Crippen molar-refractivity contribution in [1.29, 1.82) is 0 Å². The monoisotopic (exact) mass is 524 g/mol. The third-order valence-electron chi connectivity index (χ3n) is 7.40. The van der Waals surface area contributed by atoms with Crippen molar-refractivity contribution in [3.63, 3.8) is 0 Å². The third kappa shape index (κ3) is 6.00. The first-order valence-electron chi connectivity index (χ1n) is 13.2. The van der Waals surface area contributed by atoms with Crippen molar-refractivity contribution in [3.05, 3.63) is 95.3 Å². The summed E-state index contributed by atoms with van der Waals surface area (Å²) >= 11 is 0. The molecule has 0 unspecified atom stereocenters. The standard InChI is InChI=1S/C31H32N4O4/c1-21-5-3-4-6-22(21)11-12-29(36)33-27-19-32-35(20-27)28-13-15-34(16-14-28)30(37)25-9-7-24-18-26(31(38)39-2)10-8-23(24)17-25/h3-10,17-20,28H,11-16H2,1-2H3,(H,33,36). The van der Waals surface area contributed by atoms with E-state index in [1.165, 1.54) is 18.2 Å². The van der Waals surface area contributed by atoms with Gasteiger partial charge in [0.05, 0.1) is 30.6 Å². The van der Waals surface area contributed by atoms with Crippen LogP contribution in [0.15, 0.2) is 73.1 Å². The number of carbonyl (C=O) groups is 3. The van der Waals surface area contributed by atoms with E-state index in [0.717, 1.165) is 23.6 Å². The molecule has 1 aliphatic heterocycles. The van der Waals surface area contributed by atoms with Crippen LogP contribution in [0, 0.1) is 6.92 Å². The number of ether oxygens (including phenoxy) is 1. The molecule has 0 atom stereocenters. The first-order valence-corrected chi connectivity index (χ1v) is 13.2. The molecular weight excluding hydrogens is 492 g/mol. The van der Waals surface area contributed by atoms with Gasteiger partial charge in [0.1, 0.15) is 0 Å². The van der Waals surface area contributed by atoms with Crippen LogP contribution in [-0.2, 0) is 16.0 Å². The number of rotatable bonds is 7. The molecule has 2 heterocycles. The lowest BCUT2D eigenvalue weighted by Gasteiger charge is -2.32. The predicted molar refractivity (Wildman–Crippen MR) is 150 cm³/mol. The maximum atomic E-state index is 13.2. The van der Waals surface area contributed by atoms with E-state index in [1.54, 1.807) is 24.4 Å². The van der Waals surface area contributed by atoms with Gasteiger partial charge >= 0.3 is 5.97 Å². The van der Waals surface area contributed by atoms with Gasteiger partial charge in [-0.15, -0.1) is 0 Å². The van der Waals surface area contributed by atoms with Gasteiger partial charge in [0.25, 0.3) is 5.91 Å². The van der Waals surface area contributed by atoms with E-state index in [0.29, 0.717) is 42.7 Å². The minimum Gasteiger partial charge on any atom is -0.465 e. The van der Waals surface area contributed by atoms with Crippen LogP contribution in [0.3, 0.4) is 0 Å². The molecule has 3 aromatic carbocycles. The van der Waals surface area contributed by atoms with Gasteiger partial charge in [-0.25, -0.2) is 4.79 Å². The van der Waals surface area contributed by atoms with E-state index in [1.807, 2.05) is 46.1 Å². The number of nitrogens with zero attached hydrogens (tertiary/aromatic N) is 3. The lowest BCUT2D eigenvalue weighted by Crippen LogP contribution is -2.39. The van der Waals surface area contributed by atoms with E-state index in [2.05, 4.69) is 29.5 Å². The molecule has 0 spiro atoms. The third-order valence-corrected chi connectivity index (χ3v) is 7.40. The Morgan fingerprint density at radius 2 is 1.67 bits per heavy atom. The number of hydrogen-bond acceptors (Lipinski definition) is 5. The summed E-state index contributed by atoms with van der Waals surface area (Å²) in [6.07, 6.45) is 6.24. The zero-order chi connectivity index (χ0) is 27.4. The van der Waals surface area contributed by atoms with E-state index < -0.39 is 0 Å². The molecule has 39 heavy (non-hydrogen) atoms. The number of methoxy groups -OCH3 is 1. The molecule has 200 valence electrons. The highest BCUT2D eigenvalue weighted by molar-refractivity contribution is 6.00. The van der Waals surface area contributed by atoms with Gasteiger partial charge in [-0.1, -0.05) is 36.4 Å². The Hall–Kier alpha value is -4.46. The topological polar surface area (TPSA) is 93.5 Å². The molecule has 1 fully saturated rings. The molecule has 1 aromatic heterocycles. The first-order chi connectivity index (χ1) is 18.9. The second-order valence-electron chi connectivity index (χ2n) is 9.98. The van der Waals surface area contributed by atoms with Crippen LogP contribution in [0.2, 0.25) is 0 Å². The maximum Gasteiger partial charge on any atom is 0.337 e. The molecular formula is C31H32N4O4. The molecule has 4 aromatic rings. The number of anilines is 1. The van der Waals surface area contributed by atoms with Crippen LogP contribution >= 0.6 is 0 Å². The van der Waals surface area contributed by atoms with Crippen LogP contribution in [0.25, 0.3) is 10.8 Å². The lowest BCUT2D eigenvalue weighted by molar-refractivity contribution is -0.116. The van der Waals surface area contributed by atoms with E-state index in [4.69, 9.17) is 4.74 Å². The molecule has 1 N–H and O–H groups in total. The summed E-state index contributed by atoms with van der Waals surface area (Å²) in [6.45, 7) is 3.31. The summed E-state index contributed by atoms with van der Waals surface area (Å²) in [7, 11) is 1.36. The number of carbonyl (C=O) groups excluding carboxylic acids is 3. The van der Waals surface area contributed by atoms with Gasteiger partial charge in [0, 0.05) is 31.3 Å². The van der Waals surface area contributed by atoms with Crippen LogP contribution in [0.5, 0.6) is 0 Å². The number of aromatic nitrogens is 2. The van der Waals surface area contributed by atoms with Crippen molar-refractivity contribution < 1.29 is 19.1 Å². The van der Waals surface area contributed by atoms with Gasteiger partial charge in [-0.05, 0) is 72.4 Å². The SMILES string of the molecule is COC(=O)c1ccc2cc(C(=O)N3CCC(n4cc(NC(=O)CCc5ccccc5C)cn4)CC3)ccc2c1. The fourth-order valence-electron chi connectivity index (χ4n) is 5.10. The number of benzene rings is 3.